The van der Waals surface area contributed by atoms with Crippen molar-refractivity contribution >= 4 is 16.9 Å². The quantitative estimate of drug-likeness (QED) is 0.896. The molecule has 1 N–H and O–H groups in total. The lowest BCUT2D eigenvalue weighted by atomic mass is 10.0. The lowest BCUT2D eigenvalue weighted by molar-refractivity contribution is 0.0689. The number of hydrogen-bond donors (Lipinski definition) is 1. The standard InChI is InChI=1S/C13H17N3O4/c1-4-8(5-2)6-16-12(17)10-9(7(3)20-15-10)11(14-16)13(18)19/h8H,4-6H2,1-3H3,(H,18,19). The smallest absolute Gasteiger partial charge is 0.357 e. The van der Waals surface area contributed by atoms with Gasteiger partial charge in [0.2, 0.25) is 0 Å². The van der Waals surface area contributed by atoms with Crippen LogP contribution >= 0.6 is 0 Å². The molecule has 0 bridgehead atoms. The number of fused-ring (bicyclic) bond motifs is 1. The number of carboxylic acids is 1. The first-order valence-corrected chi connectivity index (χ1v) is 6.59. The number of hydrogen-bond acceptors (Lipinski definition) is 5. The minimum atomic E-state index is -1.19. The van der Waals surface area contributed by atoms with Gasteiger partial charge in [-0.2, -0.15) is 5.10 Å². The third-order valence-corrected chi connectivity index (χ3v) is 3.55. The van der Waals surface area contributed by atoms with Crippen LogP contribution in [0.15, 0.2) is 9.32 Å². The predicted molar refractivity (Wildman–Crippen MR) is 71.8 cm³/mol. The molecule has 2 rings (SSSR count). The Morgan fingerprint density at radius 3 is 2.60 bits per heavy atom. The zero-order valence-corrected chi connectivity index (χ0v) is 11.7. The fraction of sp³-hybridized carbons (Fsp3) is 0.538. The zero-order valence-electron chi connectivity index (χ0n) is 11.7. The Morgan fingerprint density at radius 2 is 2.05 bits per heavy atom. The molecular weight excluding hydrogens is 262 g/mol. The molecule has 20 heavy (non-hydrogen) atoms. The van der Waals surface area contributed by atoms with E-state index >= 15 is 0 Å². The van der Waals surface area contributed by atoms with Gasteiger partial charge in [0.25, 0.3) is 5.56 Å². The Morgan fingerprint density at radius 1 is 1.40 bits per heavy atom. The van der Waals surface area contributed by atoms with E-state index in [1.165, 1.54) is 4.68 Å². The van der Waals surface area contributed by atoms with E-state index in [4.69, 9.17) is 4.52 Å². The molecule has 2 aromatic heterocycles. The van der Waals surface area contributed by atoms with E-state index in [9.17, 15) is 14.7 Å². The normalized spacial score (nSPS) is 11.4. The molecule has 0 unspecified atom stereocenters. The maximum absolute atomic E-state index is 12.3. The summed E-state index contributed by atoms with van der Waals surface area (Å²) in [6.07, 6.45) is 1.78. The third-order valence-electron chi connectivity index (χ3n) is 3.55. The summed E-state index contributed by atoms with van der Waals surface area (Å²) >= 11 is 0. The number of aromatic nitrogens is 3. The first kappa shape index (κ1) is 14.2. The van der Waals surface area contributed by atoms with Gasteiger partial charge < -0.3 is 9.63 Å². The van der Waals surface area contributed by atoms with Crippen LogP contribution in [0.4, 0.5) is 0 Å². The van der Waals surface area contributed by atoms with Gasteiger partial charge >= 0.3 is 5.97 Å². The van der Waals surface area contributed by atoms with Crippen molar-refractivity contribution in [3.05, 3.63) is 21.8 Å². The summed E-state index contributed by atoms with van der Waals surface area (Å²) in [5, 5.41) is 17.1. The second-order valence-corrected chi connectivity index (χ2v) is 4.79. The molecule has 0 aliphatic carbocycles. The lowest BCUT2D eigenvalue weighted by Gasteiger charge is -2.13. The highest BCUT2D eigenvalue weighted by molar-refractivity contribution is 6.00. The fourth-order valence-corrected chi connectivity index (χ4v) is 2.20. The van der Waals surface area contributed by atoms with Crippen LogP contribution in [0.1, 0.15) is 42.9 Å². The molecule has 0 atom stereocenters. The van der Waals surface area contributed by atoms with Crippen molar-refractivity contribution in [3.63, 3.8) is 0 Å². The Balaban J connectivity index is 2.65. The van der Waals surface area contributed by atoms with Crippen LogP contribution in [0.3, 0.4) is 0 Å². The molecule has 0 saturated carbocycles. The van der Waals surface area contributed by atoms with Crippen molar-refractivity contribution in [1.82, 2.24) is 14.9 Å². The van der Waals surface area contributed by atoms with Crippen molar-refractivity contribution in [3.8, 4) is 0 Å². The van der Waals surface area contributed by atoms with E-state index in [1.807, 2.05) is 13.8 Å². The summed E-state index contributed by atoms with van der Waals surface area (Å²) in [6, 6.07) is 0. The molecule has 108 valence electrons. The van der Waals surface area contributed by atoms with Crippen molar-refractivity contribution < 1.29 is 14.4 Å². The molecule has 2 aromatic rings. The number of aromatic carboxylic acids is 1. The number of aryl methyl sites for hydroxylation is 1. The van der Waals surface area contributed by atoms with Gasteiger partial charge in [0.05, 0.1) is 5.39 Å². The summed E-state index contributed by atoms with van der Waals surface area (Å²) in [7, 11) is 0. The molecule has 0 aromatic carbocycles. The minimum absolute atomic E-state index is 0.0286. The Kier molecular flexibility index (Phi) is 3.87. The summed E-state index contributed by atoms with van der Waals surface area (Å²) < 4.78 is 6.12. The second kappa shape index (κ2) is 5.44. The monoisotopic (exact) mass is 279 g/mol. The number of rotatable bonds is 5. The van der Waals surface area contributed by atoms with Crippen molar-refractivity contribution in [2.45, 2.75) is 40.2 Å². The molecule has 7 nitrogen and oxygen atoms in total. The van der Waals surface area contributed by atoms with Crippen LogP contribution in [0, 0.1) is 12.8 Å². The van der Waals surface area contributed by atoms with Crippen LogP contribution in [0.5, 0.6) is 0 Å². The van der Waals surface area contributed by atoms with Crippen molar-refractivity contribution in [2.24, 2.45) is 5.92 Å². The Bertz CT molecular complexity index is 697. The number of carboxylic acid groups (broad SMARTS) is 1. The Hall–Kier alpha value is -2.18. The average molecular weight is 279 g/mol. The summed E-state index contributed by atoms with van der Waals surface area (Å²) in [5.41, 5.74) is -0.570. The van der Waals surface area contributed by atoms with Gasteiger partial charge in [-0.3, -0.25) is 4.79 Å². The molecule has 0 spiro atoms. The van der Waals surface area contributed by atoms with E-state index < -0.39 is 11.5 Å². The number of nitrogens with zero attached hydrogens (tertiary/aromatic N) is 3. The molecule has 0 saturated heterocycles. The van der Waals surface area contributed by atoms with E-state index in [-0.39, 0.29) is 28.3 Å². The third kappa shape index (κ3) is 2.31. The SMILES string of the molecule is CCC(CC)Cn1nc(C(=O)O)c2c(C)onc2c1=O. The highest BCUT2D eigenvalue weighted by Crippen LogP contribution is 2.18. The van der Waals surface area contributed by atoms with Gasteiger partial charge in [-0.25, -0.2) is 9.48 Å². The van der Waals surface area contributed by atoms with Crippen LogP contribution in [-0.4, -0.2) is 26.0 Å². The van der Waals surface area contributed by atoms with Gasteiger partial charge in [-0.05, 0) is 12.8 Å². The van der Waals surface area contributed by atoms with Crippen LogP contribution < -0.4 is 5.56 Å². The lowest BCUT2D eigenvalue weighted by Crippen LogP contribution is -2.28. The highest BCUT2D eigenvalue weighted by atomic mass is 16.5. The van der Waals surface area contributed by atoms with Gasteiger partial charge in [-0.15, -0.1) is 0 Å². The van der Waals surface area contributed by atoms with Gasteiger partial charge in [0, 0.05) is 6.54 Å². The molecule has 0 aliphatic rings. The first-order valence-electron chi connectivity index (χ1n) is 6.59. The van der Waals surface area contributed by atoms with Crippen LogP contribution in [0.2, 0.25) is 0 Å². The van der Waals surface area contributed by atoms with E-state index in [1.54, 1.807) is 6.92 Å². The molecular formula is C13H17N3O4. The molecule has 2 heterocycles. The molecule has 0 radical (unpaired) electrons. The van der Waals surface area contributed by atoms with Crippen molar-refractivity contribution in [2.75, 3.05) is 0 Å². The molecule has 0 amide bonds. The average Bonchev–Trinajstić information content (AvgIpc) is 2.80. The zero-order chi connectivity index (χ0) is 14.9. The summed E-state index contributed by atoms with van der Waals surface area (Å²) in [5.74, 6) is -0.636. The molecule has 0 aliphatic heterocycles. The summed E-state index contributed by atoms with van der Waals surface area (Å²) in [6.45, 7) is 5.99. The van der Waals surface area contributed by atoms with E-state index in [0.717, 1.165) is 12.8 Å². The van der Waals surface area contributed by atoms with Crippen molar-refractivity contribution in [1.29, 1.82) is 0 Å². The topological polar surface area (TPSA) is 98.2 Å². The number of carbonyl (C=O) groups is 1. The largest absolute Gasteiger partial charge is 0.476 e. The summed E-state index contributed by atoms with van der Waals surface area (Å²) in [4.78, 5) is 23.6. The first-order chi connectivity index (χ1) is 9.49. The van der Waals surface area contributed by atoms with Gasteiger partial charge in [0.15, 0.2) is 11.2 Å². The van der Waals surface area contributed by atoms with E-state index in [2.05, 4.69) is 10.3 Å². The van der Waals surface area contributed by atoms with Gasteiger partial charge in [0.1, 0.15) is 5.76 Å². The van der Waals surface area contributed by atoms with Crippen LogP contribution in [0.25, 0.3) is 10.9 Å². The van der Waals surface area contributed by atoms with E-state index in [0.29, 0.717) is 6.54 Å². The second-order valence-electron chi connectivity index (χ2n) is 4.79. The Labute approximate surface area is 115 Å². The molecule has 0 fully saturated rings. The predicted octanol–water partition coefficient (Wildman–Crippen LogP) is 1.83. The van der Waals surface area contributed by atoms with Crippen LogP contribution in [-0.2, 0) is 6.54 Å². The fourth-order valence-electron chi connectivity index (χ4n) is 2.20. The van der Waals surface area contributed by atoms with Gasteiger partial charge in [-0.1, -0.05) is 31.8 Å². The maximum Gasteiger partial charge on any atom is 0.357 e. The molecule has 7 heteroatoms. The minimum Gasteiger partial charge on any atom is -0.476 e. The maximum atomic E-state index is 12.3. The highest BCUT2D eigenvalue weighted by Gasteiger charge is 2.22.